The van der Waals surface area contributed by atoms with Crippen molar-refractivity contribution in [1.82, 2.24) is 0 Å². The first-order chi connectivity index (χ1) is 8.61. The van der Waals surface area contributed by atoms with E-state index in [0.29, 0.717) is 16.3 Å². The normalized spacial score (nSPS) is 10.4. The zero-order valence-corrected chi connectivity index (χ0v) is 10.8. The van der Waals surface area contributed by atoms with Crippen LogP contribution in [0.5, 0.6) is 0 Å². The zero-order chi connectivity index (χ0) is 13.1. The molecule has 0 amide bonds. The molecule has 2 aromatic rings. The minimum absolute atomic E-state index is 0.154. The van der Waals surface area contributed by atoms with Crippen LogP contribution in [0.2, 0.25) is 5.02 Å². The molecule has 0 aliphatic carbocycles. The van der Waals surface area contributed by atoms with Crippen LogP contribution in [-0.2, 0) is 6.54 Å². The summed E-state index contributed by atoms with van der Waals surface area (Å²) in [6, 6.07) is 10.4. The second-order valence-electron chi connectivity index (χ2n) is 4.05. The van der Waals surface area contributed by atoms with E-state index in [1.807, 2.05) is 19.1 Å². The summed E-state index contributed by atoms with van der Waals surface area (Å²) in [5, 5.41) is 3.86. The van der Waals surface area contributed by atoms with E-state index < -0.39 is 0 Å². The van der Waals surface area contributed by atoms with Gasteiger partial charge in [0.1, 0.15) is 5.82 Å². The fourth-order valence-electron chi connectivity index (χ4n) is 1.80. The Morgan fingerprint density at radius 2 is 2.00 bits per heavy atom. The predicted octanol–water partition coefficient (Wildman–Crippen LogP) is 3.99. The van der Waals surface area contributed by atoms with E-state index >= 15 is 0 Å². The molecular weight excluding hydrogens is 251 g/mol. The monoisotopic (exact) mass is 264 g/mol. The Bertz CT molecular complexity index is 570. The Kier molecular flexibility index (Phi) is 3.84. The summed E-state index contributed by atoms with van der Waals surface area (Å²) in [7, 11) is 0. The van der Waals surface area contributed by atoms with Crippen LogP contribution in [0.3, 0.4) is 0 Å². The first kappa shape index (κ1) is 12.9. The number of halogens is 2. The lowest BCUT2D eigenvalue weighted by molar-refractivity contribution is 0.611. The lowest BCUT2D eigenvalue weighted by Gasteiger charge is -2.13. The van der Waals surface area contributed by atoms with Crippen LogP contribution < -0.4 is 11.1 Å². The van der Waals surface area contributed by atoms with Crippen molar-refractivity contribution in [2.24, 2.45) is 5.73 Å². The lowest BCUT2D eigenvalue weighted by atomic mass is 10.1. The molecule has 18 heavy (non-hydrogen) atoms. The van der Waals surface area contributed by atoms with Crippen LogP contribution in [0.1, 0.15) is 11.1 Å². The molecule has 0 fully saturated rings. The number of nitrogens with one attached hydrogen (secondary N) is 1. The van der Waals surface area contributed by atoms with Crippen LogP contribution in [0.25, 0.3) is 0 Å². The molecule has 0 aliphatic heterocycles. The van der Waals surface area contributed by atoms with Crippen molar-refractivity contribution in [3.8, 4) is 0 Å². The average molecular weight is 265 g/mol. The molecule has 0 bridgehead atoms. The Labute approximate surface area is 111 Å². The van der Waals surface area contributed by atoms with Gasteiger partial charge in [-0.3, -0.25) is 0 Å². The summed E-state index contributed by atoms with van der Waals surface area (Å²) in [5.74, 6) is -0.297. The van der Waals surface area contributed by atoms with Gasteiger partial charge in [-0.1, -0.05) is 17.7 Å². The largest absolute Gasteiger partial charge is 0.355 e. The van der Waals surface area contributed by atoms with Gasteiger partial charge in [0.2, 0.25) is 0 Å². The number of benzene rings is 2. The Balaban J connectivity index is 2.37. The van der Waals surface area contributed by atoms with Crippen LogP contribution in [0, 0.1) is 12.7 Å². The molecule has 3 N–H and O–H groups in total. The van der Waals surface area contributed by atoms with E-state index in [9.17, 15) is 4.39 Å². The van der Waals surface area contributed by atoms with Gasteiger partial charge in [0, 0.05) is 28.5 Å². The maximum Gasteiger partial charge on any atom is 0.129 e. The van der Waals surface area contributed by atoms with Crippen LogP contribution in [0.15, 0.2) is 36.4 Å². The van der Waals surface area contributed by atoms with Gasteiger partial charge in [-0.2, -0.15) is 0 Å². The predicted molar refractivity (Wildman–Crippen MR) is 73.8 cm³/mol. The van der Waals surface area contributed by atoms with Crippen molar-refractivity contribution in [2.45, 2.75) is 13.5 Å². The summed E-state index contributed by atoms with van der Waals surface area (Å²) < 4.78 is 13.6. The van der Waals surface area contributed by atoms with Gasteiger partial charge in [0.15, 0.2) is 0 Å². The zero-order valence-electron chi connectivity index (χ0n) is 10.0. The molecule has 0 spiro atoms. The summed E-state index contributed by atoms with van der Waals surface area (Å²) in [6.45, 7) is 2.09. The summed E-state index contributed by atoms with van der Waals surface area (Å²) in [5.41, 5.74) is 8.61. The highest BCUT2D eigenvalue weighted by Crippen LogP contribution is 2.26. The number of rotatable bonds is 3. The lowest BCUT2D eigenvalue weighted by Crippen LogP contribution is -2.05. The fraction of sp³-hybridized carbons (Fsp3) is 0.143. The summed E-state index contributed by atoms with van der Waals surface area (Å²) in [4.78, 5) is 0. The molecule has 2 nitrogen and oxygen atoms in total. The summed E-state index contributed by atoms with van der Waals surface area (Å²) >= 11 is 5.90. The first-order valence-corrected chi connectivity index (χ1v) is 6.00. The molecule has 0 radical (unpaired) electrons. The van der Waals surface area contributed by atoms with E-state index in [-0.39, 0.29) is 12.4 Å². The van der Waals surface area contributed by atoms with Gasteiger partial charge < -0.3 is 11.1 Å². The van der Waals surface area contributed by atoms with Crippen molar-refractivity contribution >= 4 is 23.0 Å². The molecule has 2 rings (SSSR count). The Morgan fingerprint density at radius 3 is 2.67 bits per heavy atom. The van der Waals surface area contributed by atoms with Gasteiger partial charge in [-0.05, 0) is 42.8 Å². The topological polar surface area (TPSA) is 38.0 Å². The average Bonchev–Trinajstić information content (AvgIpc) is 2.33. The van der Waals surface area contributed by atoms with Gasteiger partial charge >= 0.3 is 0 Å². The smallest absolute Gasteiger partial charge is 0.129 e. The number of anilines is 2. The maximum atomic E-state index is 13.6. The molecule has 0 aliphatic rings. The van der Waals surface area contributed by atoms with Crippen molar-refractivity contribution in [3.05, 3.63) is 58.4 Å². The first-order valence-electron chi connectivity index (χ1n) is 5.62. The highest BCUT2D eigenvalue weighted by Gasteiger charge is 2.08. The SMILES string of the molecule is Cc1cc(Cl)ccc1Nc1cccc(F)c1CN. The van der Waals surface area contributed by atoms with E-state index in [4.69, 9.17) is 17.3 Å². The van der Waals surface area contributed by atoms with E-state index in [1.54, 1.807) is 18.2 Å². The third-order valence-corrected chi connectivity index (χ3v) is 3.02. The van der Waals surface area contributed by atoms with E-state index in [1.165, 1.54) is 6.07 Å². The molecule has 0 saturated heterocycles. The number of aryl methyl sites for hydroxylation is 1. The molecule has 4 heteroatoms. The Hall–Kier alpha value is -1.58. The van der Waals surface area contributed by atoms with Crippen LogP contribution in [-0.4, -0.2) is 0 Å². The van der Waals surface area contributed by atoms with Gasteiger partial charge in [-0.25, -0.2) is 4.39 Å². The van der Waals surface area contributed by atoms with Crippen molar-refractivity contribution in [2.75, 3.05) is 5.32 Å². The quantitative estimate of drug-likeness (QED) is 0.880. The number of hydrogen-bond acceptors (Lipinski definition) is 2. The third kappa shape index (κ3) is 2.63. The van der Waals surface area contributed by atoms with E-state index in [2.05, 4.69) is 5.32 Å². The molecule has 94 valence electrons. The fourth-order valence-corrected chi connectivity index (χ4v) is 2.02. The number of hydrogen-bond donors (Lipinski definition) is 2. The van der Waals surface area contributed by atoms with Gasteiger partial charge in [0.05, 0.1) is 0 Å². The molecule has 0 heterocycles. The van der Waals surface area contributed by atoms with Crippen LogP contribution in [0.4, 0.5) is 15.8 Å². The third-order valence-electron chi connectivity index (χ3n) is 2.78. The van der Waals surface area contributed by atoms with Crippen LogP contribution >= 0.6 is 11.6 Å². The van der Waals surface area contributed by atoms with Crippen molar-refractivity contribution in [3.63, 3.8) is 0 Å². The molecule has 0 atom stereocenters. The highest BCUT2D eigenvalue weighted by atomic mass is 35.5. The van der Waals surface area contributed by atoms with Gasteiger partial charge in [-0.15, -0.1) is 0 Å². The van der Waals surface area contributed by atoms with Crippen molar-refractivity contribution in [1.29, 1.82) is 0 Å². The number of nitrogens with two attached hydrogens (primary N) is 1. The molecule has 0 saturated carbocycles. The molecule has 2 aromatic carbocycles. The van der Waals surface area contributed by atoms with Gasteiger partial charge in [0.25, 0.3) is 0 Å². The molecule has 0 aromatic heterocycles. The van der Waals surface area contributed by atoms with Crippen molar-refractivity contribution < 1.29 is 4.39 Å². The molecule has 0 unspecified atom stereocenters. The summed E-state index contributed by atoms with van der Waals surface area (Å²) in [6.07, 6.45) is 0. The minimum atomic E-state index is -0.297. The second-order valence-corrected chi connectivity index (χ2v) is 4.49. The highest BCUT2D eigenvalue weighted by molar-refractivity contribution is 6.30. The minimum Gasteiger partial charge on any atom is -0.355 e. The standard InChI is InChI=1S/C14H14ClFN2/c1-9-7-10(15)5-6-13(9)18-14-4-2-3-12(16)11(14)8-17/h2-7,18H,8,17H2,1H3. The Morgan fingerprint density at radius 1 is 1.22 bits per heavy atom. The molecular formula is C14H14ClFN2. The van der Waals surface area contributed by atoms with E-state index in [0.717, 1.165) is 11.3 Å². The maximum absolute atomic E-state index is 13.6. The second kappa shape index (κ2) is 5.38.